The van der Waals surface area contributed by atoms with Crippen LogP contribution in [0.4, 0.5) is 4.39 Å². The van der Waals surface area contributed by atoms with E-state index < -0.39 is 18.0 Å². The largest absolute Gasteiger partial charge is 0.482 e. The second-order valence-electron chi connectivity index (χ2n) is 10.3. The van der Waals surface area contributed by atoms with Crippen LogP contribution < -0.4 is 4.74 Å². The maximum atomic E-state index is 13.8. The molecule has 0 bridgehead atoms. The fourth-order valence-corrected chi connectivity index (χ4v) is 5.44. The number of likely N-dealkylation sites (tertiary alicyclic amines) is 2. The number of aliphatic carboxylic acids is 1. The van der Waals surface area contributed by atoms with Gasteiger partial charge in [0, 0.05) is 31.2 Å². The fourth-order valence-electron chi connectivity index (χ4n) is 5.44. The Morgan fingerprint density at radius 3 is 2.44 bits per heavy atom. The first-order valence-corrected chi connectivity index (χ1v) is 12.5. The van der Waals surface area contributed by atoms with Crippen LogP contribution in [0.25, 0.3) is 0 Å². The van der Waals surface area contributed by atoms with Gasteiger partial charge in [-0.15, -0.1) is 0 Å². The molecule has 7 nitrogen and oxygen atoms in total. The summed E-state index contributed by atoms with van der Waals surface area (Å²) in [6.45, 7) is 5.39. The minimum atomic E-state index is -1.07. The fraction of sp³-hybridized carbons (Fsp3) is 0.464. The summed E-state index contributed by atoms with van der Waals surface area (Å²) in [6, 6.07) is 13.0. The summed E-state index contributed by atoms with van der Waals surface area (Å²) in [6.07, 6.45) is 2.54. The lowest BCUT2D eigenvalue weighted by atomic mass is 9.75. The van der Waals surface area contributed by atoms with Gasteiger partial charge in [0.15, 0.2) is 6.61 Å². The van der Waals surface area contributed by atoms with Gasteiger partial charge in [-0.05, 0) is 73.6 Å². The van der Waals surface area contributed by atoms with E-state index in [1.165, 1.54) is 6.07 Å². The van der Waals surface area contributed by atoms with E-state index in [2.05, 4.69) is 13.8 Å². The second-order valence-corrected chi connectivity index (χ2v) is 10.3. The van der Waals surface area contributed by atoms with Crippen LogP contribution in [0.15, 0.2) is 48.5 Å². The molecule has 0 aromatic heterocycles. The zero-order chi connectivity index (χ0) is 25.9. The molecule has 2 amide bonds. The summed E-state index contributed by atoms with van der Waals surface area (Å²) in [7, 11) is 0. The molecule has 1 spiro atoms. The molecule has 0 radical (unpaired) electrons. The van der Waals surface area contributed by atoms with Crippen molar-refractivity contribution < 1.29 is 28.6 Å². The van der Waals surface area contributed by atoms with Crippen LogP contribution in [0, 0.1) is 17.2 Å². The summed E-state index contributed by atoms with van der Waals surface area (Å²) in [4.78, 5) is 41.2. The minimum absolute atomic E-state index is 0.0160. The van der Waals surface area contributed by atoms with Gasteiger partial charge in [0.05, 0.1) is 5.41 Å². The molecular formula is C28H33FN2O5. The Kier molecular flexibility index (Phi) is 7.62. The molecule has 2 saturated heterocycles. The van der Waals surface area contributed by atoms with Gasteiger partial charge in [0.25, 0.3) is 5.91 Å². The number of nitrogens with zero attached hydrogens (tertiary/aromatic N) is 2. The number of rotatable bonds is 8. The van der Waals surface area contributed by atoms with Gasteiger partial charge in [0.2, 0.25) is 5.91 Å². The smallest absolute Gasteiger partial charge is 0.341 e. The van der Waals surface area contributed by atoms with E-state index in [1.807, 2.05) is 11.0 Å². The van der Waals surface area contributed by atoms with Crippen molar-refractivity contribution in [3.05, 3.63) is 65.5 Å². The van der Waals surface area contributed by atoms with Gasteiger partial charge in [-0.25, -0.2) is 9.18 Å². The molecule has 0 saturated carbocycles. The zero-order valence-corrected chi connectivity index (χ0v) is 20.8. The van der Waals surface area contributed by atoms with Gasteiger partial charge in [-0.1, -0.05) is 26.0 Å². The highest BCUT2D eigenvalue weighted by Crippen LogP contribution is 2.45. The third-order valence-electron chi connectivity index (χ3n) is 7.18. The first-order valence-electron chi connectivity index (χ1n) is 12.5. The quantitative estimate of drug-likeness (QED) is 0.597. The number of halogens is 1. The van der Waals surface area contributed by atoms with Crippen molar-refractivity contribution in [3.63, 3.8) is 0 Å². The third-order valence-corrected chi connectivity index (χ3v) is 7.18. The van der Waals surface area contributed by atoms with Crippen LogP contribution >= 0.6 is 0 Å². The van der Waals surface area contributed by atoms with Crippen molar-refractivity contribution in [2.75, 3.05) is 26.2 Å². The van der Waals surface area contributed by atoms with Gasteiger partial charge < -0.3 is 19.6 Å². The number of piperidine rings is 1. The minimum Gasteiger partial charge on any atom is -0.482 e. The van der Waals surface area contributed by atoms with Gasteiger partial charge in [0.1, 0.15) is 11.6 Å². The number of benzene rings is 2. The first-order chi connectivity index (χ1) is 17.2. The lowest BCUT2D eigenvalue weighted by Gasteiger charge is -2.38. The van der Waals surface area contributed by atoms with Crippen LogP contribution in [0.3, 0.4) is 0 Å². The molecule has 36 heavy (non-hydrogen) atoms. The summed E-state index contributed by atoms with van der Waals surface area (Å²) in [5, 5.41) is 8.73. The molecule has 1 N–H and O–H groups in total. The van der Waals surface area contributed by atoms with Crippen molar-refractivity contribution in [3.8, 4) is 5.75 Å². The Bertz CT molecular complexity index is 1110. The Morgan fingerprint density at radius 2 is 1.83 bits per heavy atom. The maximum absolute atomic E-state index is 13.8. The van der Waals surface area contributed by atoms with Crippen LogP contribution in [-0.4, -0.2) is 65.0 Å². The van der Waals surface area contributed by atoms with E-state index in [0.29, 0.717) is 62.5 Å². The van der Waals surface area contributed by atoms with Crippen LogP contribution in [0.2, 0.25) is 0 Å². The number of carboxylic acid groups (broad SMARTS) is 1. The van der Waals surface area contributed by atoms with Gasteiger partial charge >= 0.3 is 5.97 Å². The standard InChI is InChI=1S/C28H33FN2O5/c1-19(2)17-31-23(15-20-4-3-5-22(29)14-20)16-28(27(31)35)10-12-30(13-11-28)26(34)21-6-8-24(9-7-21)36-18-25(32)33/h3-9,14,19,23H,10-13,15-18H2,1-2H3,(H,32,33)/t23-/m1/s1. The second kappa shape index (κ2) is 10.7. The van der Waals surface area contributed by atoms with E-state index in [9.17, 15) is 18.8 Å². The maximum Gasteiger partial charge on any atom is 0.341 e. The number of ether oxygens (including phenoxy) is 1. The summed E-state index contributed by atoms with van der Waals surface area (Å²) < 4.78 is 18.9. The monoisotopic (exact) mass is 496 g/mol. The molecule has 4 rings (SSSR count). The summed E-state index contributed by atoms with van der Waals surface area (Å²) in [5.74, 6) is -0.583. The lowest BCUT2D eigenvalue weighted by molar-refractivity contribution is -0.140. The van der Waals surface area contributed by atoms with E-state index in [0.717, 1.165) is 5.56 Å². The Labute approximate surface area is 210 Å². The predicted molar refractivity (Wildman–Crippen MR) is 132 cm³/mol. The molecule has 2 aliphatic heterocycles. The summed E-state index contributed by atoms with van der Waals surface area (Å²) >= 11 is 0. The number of carbonyl (C=O) groups is 3. The van der Waals surface area contributed by atoms with E-state index in [-0.39, 0.29) is 23.7 Å². The number of amides is 2. The Balaban J connectivity index is 1.42. The van der Waals surface area contributed by atoms with Crippen LogP contribution in [0.1, 0.15) is 49.0 Å². The number of hydrogen-bond acceptors (Lipinski definition) is 4. The van der Waals surface area contributed by atoms with Gasteiger partial charge in [-0.2, -0.15) is 0 Å². The average molecular weight is 497 g/mol. The average Bonchev–Trinajstić information content (AvgIpc) is 3.08. The van der Waals surface area contributed by atoms with Crippen molar-refractivity contribution in [2.24, 2.45) is 11.3 Å². The predicted octanol–water partition coefficient (Wildman–Crippen LogP) is 4.01. The highest BCUT2D eigenvalue weighted by Gasteiger charge is 2.52. The summed E-state index contributed by atoms with van der Waals surface area (Å²) in [5.41, 5.74) is 0.900. The molecule has 8 heteroatoms. The molecule has 0 unspecified atom stereocenters. The SMILES string of the molecule is CC(C)CN1C(=O)C2(CCN(C(=O)c3ccc(OCC(=O)O)cc3)CC2)C[C@H]1Cc1cccc(F)c1. The molecule has 2 aromatic carbocycles. The van der Waals surface area contributed by atoms with Crippen molar-refractivity contribution >= 4 is 17.8 Å². The Morgan fingerprint density at radius 1 is 1.14 bits per heavy atom. The lowest BCUT2D eigenvalue weighted by Crippen LogP contribution is -2.47. The highest BCUT2D eigenvalue weighted by atomic mass is 19.1. The molecule has 2 aliphatic rings. The molecule has 192 valence electrons. The normalized spacial score (nSPS) is 19.2. The van der Waals surface area contributed by atoms with Crippen LogP contribution in [0.5, 0.6) is 5.75 Å². The topological polar surface area (TPSA) is 87.2 Å². The van der Waals surface area contributed by atoms with Gasteiger partial charge in [-0.3, -0.25) is 9.59 Å². The first kappa shape index (κ1) is 25.7. The van der Waals surface area contributed by atoms with E-state index in [1.54, 1.807) is 41.3 Å². The van der Waals surface area contributed by atoms with Crippen molar-refractivity contribution in [2.45, 2.75) is 45.6 Å². The third kappa shape index (κ3) is 5.69. The number of carbonyl (C=O) groups excluding carboxylic acids is 2. The molecule has 2 aromatic rings. The van der Waals surface area contributed by atoms with Crippen LogP contribution in [-0.2, 0) is 16.0 Å². The Hall–Kier alpha value is -3.42. The zero-order valence-electron chi connectivity index (χ0n) is 20.8. The van der Waals surface area contributed by atoms with Crippen molar-refractivity contribution in [1.82, 2.24) is 9.80 Å². The molecule has 2 heterocycles. The molecule has 1 atom stereocenters. The van der Waals surface area contributed by atoms with E-state index in [4.69, 9.17) is 9.84 Å². The molecule has 0 aliphatic carbocycles. The van der Waals surface area contributed by atoms with E-state index >= 15 is 0 Å². The highest BCUT2D eigenvalue weighted by molar-refractivity contribution is 5.94. The molecule has 2 fully saturated rings. The number of carboxylic acids is 1. The molecular weight excluding hydrogens is 463 g/mol. The number of hydrogen-bond donors (Lipinski definition) is 1. The van der Waals surface area contributed by atoms with Crippen molar-refractivity contribution in [1.29, 1.82) is 0 Å².